The third-order valence-electron chi connectivity index (χ3n) is 13.8. The summed E-state index contributed by atoms with van der Waals surface area (Å²) in [6, 6.07) is 6.09. The number of likely N-dealkylation sites (N-methyl/N-ethyl adjacent to an activating group) is 2. The van der Waals surface area contributed by atoms with Crippen LogP contribution in [0.4, 0.5) is 23.3 Å². The number of hydrogen-bond donors (Lipinski definition) is 5. The number of nitrogens with zero attached hydrogens (tertiary/aromatic N) is 7. The second-order valence-electron chi connectivity index (χ2n) is 20.6. The summed E-state index contributed by atoms with van der Waals surface area (Å²) in [4.78, 5) is 12.9. The summed E-state index contributed by atoms with van der Waals surface area (Å²) < 4.78 is 59.3. The molecular weight excluding hydrogens is 928 g/mol. The van der Waals surface area contributed by atoms with Gasteiger partial charge >= 0.3 is 0 Å². The number of anilines is 4. The number of nitrogens with two attached hydrogens (primary N) is 1. The van der Waals surface area contributed by atoms with Crippen LogP contribution in [-0.4, -0.2) is 124 Å². The van der Waals surface area contributed by atoms with E-state index in [4.69, 9.17) is 21.2 Å². The number of likely N-dealkylation sites (tertiary alicyclic amines) is 2. The van der Waals surface area contributed by atoms with Crippen LogP contribution in [0, 0.1) is 0 Å². The number of aromatic nitrogens is 6. The van der Waals surface area contributed by atoms with Gasteiger partial charge in [-0.15, -0.1) is 10.2 Å². The quantitative estimate of drug-likeness (QED) is 0.0575. The number of aryl methyl sites for hydroxylation is 4. The van der Waals surface area contributed by atoms with Crippen molar-refractivity contribution in [3.8, 4) is 0 Å². The Balaban J connectivity index is 0.000000156. The molecule has 2 fully saturated rings. The van der Waals surface area contributed by atoms with Gasteiger partial charge in [-0.3, -0.25) is 0 Å². The summed E-state index contributed by atoms with van der Waals surface area (Å²) >= 11 is 0. The van der Waals surface area contributed by atoms with Gasteiger partial charge in [-0.2, -0.15) is 9.97 Å². The molecule has 0 radical (unpaired) electrons. The number of nitrogens with one attached hydrogen (secondary N) is 4. The van der Waals surface area contributed by atoms with Crippen molar-refractivity contribution in [2.75, 3.05) is 57.5 Å². The van der Waals surface area contributed by atoms with Crippen molar-refractivity contribution < 1.29 is 21.6 Å². The first-order chi connectivity index (χ1) is 31.9. The number of aromatic amines is 1. The maximum atomic E-state index is 12.8. The average Bonchev–Trinajstić information content (AvgIpc) is 4.11. The van der Waals surface area contributed by atoms with Crippen LogP contribution < -0.4 is 21.1 Å². The number of fused-ring (bicyclic) bond motifs is 4. The fourth-order valence-corrected chi connectivity index (χ4v) is 12.9. The lowest BCUT2D eigenvalue weighted by atomic mass is 9.99. The lowest BCUT2D eigenvalue weighted by Crippen LogP contribution is -2.46. The minimum absolute atomic E-state index is 0.0964. The molecule has 17 nitrogen and oxygen atoms in total. The summed E-state index contributed by atoms with van der Waals surface area (Å²) in [7, 11) is 0.680. The number of rotatable bonds is 13. The number of halogens is 1. The molecule has 2 atom stereocenters. The Morgan fingerprint density at radius 3 is 1.79 bits per heavy atom. The molecule has 10 rings (SSSR count). The second-order valence-corrected chi connectivity index (χ2v) is 30.3. The van der Waals surface area contributed by atoms with E-state index in [1.165, 1.54) is 81.4 Å². The third-order valence-corrected chi connectivity index (χ3v) is 17.9. The van der Waals surface area contributed by atoms with Gasteiger partial charge in [0.15, 0.2) is 0 Å². The first kappa shape index (κ1) is 49.9. The van der Waals surface area contributed by atoms with Gasteiger partial charge in [0.25, 0.3) is 29.4 Å². The lowest BCUT2D eigenvalue weighted by molar-refractivity contribution is 0.0792. The number of sulfonamides is 1. The van der Waals surface area contributed by atoms with E-state index in [1.807, 2.05) is 7.05 Å². The van der Waals surface area contributed by atoms with Crippen LogP contribution in [0.3, 0.4) is 0 Å². The highest BCUT2D eigenvalue weighted by Gasteiger charge is 2.30. The Morgan fingerprint density at radius 1 is 0.761 bits per heavy atom. The van der Waals surface area contributed by atoms with Crippen molar-refractivity contribution in [1.29, 1.82) is 0 Å². The maximum absolute atomic E-state index is 12.8. The van der Waals surface area contributed by atoms with Crippen molar-refractivity contribution in [3.63, 3.8) is 0 Å². The predicted molar refractivity (Wildman–Crippen MR) is 267 cm³/mol. The predicted octanol–water partition coefficient (Wildman–Crippen LogP) is 6.18. The normalized spacial score (nSPS) is 20.6. The number of ether oxygens (including phenoxy) is 1. The van der Waals surface area contributed by atoms with Gasteiger partial charge < -0.3 is 30.9 Å². The van der Waals surface area contributed by atoms with Gasteiger partial charge in [0.2, 0.25) is 11.9 Å². The van der Waals surface area contributed by atoms with Crippen molar-refractivity contribution in [1.82, 2.24) is 44.5 Å². The molecule has 4 aliphatic carbocycles. The first-order valence-corrected chi connectivity index (χ1v) is 31.8. The molecule has 2 aromatic heterocycles. The SMILES string of the molecule is CN1CCC[C@H](N)C1.CN1CCC[C@H](NS(=O)(=O)c2nc(Nc3c4c(cc5c3CCC5)CCC4)n[nH]2)C1.C[Si](C)(C)CCOCn1nc(S(=O)(=O)Cl)nc1Nc1c2c(cc3c1CCC3)CCC2. The van der Waals surface area contributed by atoms with Gasteiger partial charge in [0, 0.05) is 61.9 Å². The van der Waals surface area contributed by atoms with E-state index < -0.39 is 32.3 Å². The van der Waals surface area contributed by atoms with E-state index in [1.54, 1.807) is 0 Å². The van der Waals surface area contributed by atoms with E-state index in [2.05, 4.69) is 89.2 Å². The van der Waals surface area contributed by atoms with Crippen LogP contribution in [0.25, 0.3) is 0 Å². The molecule has 0 bridgehead atoms. The van der Waals surface area contributed by atoms with Crippen LogP contribution in [-0.2, 0) is 81.9 Å². The Bertz CT molecular complexity index is 2550. The highest BCUT2D eigenvalue weighted by molar-refractivity contribution is 8.13. The van der Waals surface area contributed by atoms with Crippen LogP contribution in [0.1, 0.15) is 95.9 Å². The molecule has 0 saturated carbocycles. The molecule has 6 N–H and O–H groups in total. The van der Waals surface area contributed by atoms with Crippen molar-refractivity contribution in [2.45, 2.75) is 158 Å². The minimum Gasteiger partial charge on any atom is -0.359 e. The van der Waals surface area contributed by atoms with E-state index >= 15 is 0 Å². The number of piperidine rings is 2. The second kappa shape index (κ2) is 21.3. The van der Waals surface area contributed by atoms with Gasteiger partial charge in [-0.1, -0.05) is 31.8 Å². The monoisotopic (exact) mass is 998 g/mol. The zero-order valence-corrected chi connectivity index (χ0v) is 43.4. The largest absolute Gasteiger partial charge is 0.359 e. The van der Waals surface area contributed by atoms with Crippen LogP contribution in [0.2, 0.25) is 25.7 Å². The molecule has 4 aromatic rings. The Labute approximate surface area is 402 Å². The highest BCUT2D eigenvalue weighted by atomic mass is 35.7. The molecule has 4 heterocycles. The molecule has 2 aromatic carbocycles. The zero-order valence-electron chi connectivity index (χ0n) is 40.0. The Hall–Kier alpha value is -3.47. The van der Waals surface area contributed by atoms with E-state index in [0.717, 1.165) is 108 Å². The summed E-state index contributed by atoms with van der Waals surface area (Å²) in [5.74, 6) is 0.678. The standard InChI is InChI=1S/C20H29ClN4O3SSi.C20H28N6O2S.C6H14N2/c1-30(2,3)11-10-28-13-25-19(23-20(24-25)29(21,26)27)22-18-16-8-4-6-14(16)12-15-7-5-9-17(15)18;1-26-10-4-7-15(12-26)25-29(27,28)20-22-19(23-24-20)21-18-16-8-2-5-13(16)11-14-6-3-9-17(14)18;1-8-4-2-3-6(7)5-8/h12H,4-11,13H2,1-3H3,(H,22,23,24);11,15,25H,2-10,12H2,1H3,(H2,21,22,23,24);6H,2-5,7H2,1H3/t;15-;6-/m.00/s1. The summed E-state index contributed by atoms with van der Waals surface area (Å²) in [6.07, 6.45) is 17.5. The molecule has 0 spiro atoms. The van der Waals surface area contributed by atoms with Crippen molar-refractivity contribution in [3.05, 3.63) is 56.6 Å². The average molecular weight is 1000 g/mol. The third kappa shape index (κ3) is 12.7. The molecule has 21 heteroatoms. The zero-order chi connectivity index (χ0) is 47.5. The lowest BCUT2D eigenvalue weighted by Gasteiger charge is -2.29. The number of hydrogen-bond acceptors (Lipinski definition) is 14. The maximum Gasteiger partial charge on any atom is 0.298 e. The van der Waals surface area contributed by atoms with E-state index in [0.29, 0.717) is 31.1 Å². The minimum atomic E-state index is -4.03. The summed E-state index contributed by atoms with van der Waals surface area (Å²) in [6.45, 7) is 11.6. The fourth-order valence-electron chi connectivity index (χ4n) is 10.5. The molecular formula is C46H71ClN12O5S2Si. The van der Waals surface area contributed by atoms with Gasteiger partial charge in [0.1, 0.15) is 6.73 Å². The van der Waals surface area contributed by atoms with Crippen LogP contribution in [0.5, 0.6) is 0 Å². The van der Waals surface area contributed by atoms with E-state index in [9.17, 15) is 16.8 Å². The Kier molecular flexibility index (Phi) is 15.8. The summed E-state index contributed by atoms with van der Waals surface area (Å²) in [5.41, 5.74) is 18.8. The fraction of sp³-hybridized carbons (Fsp3) is 0.652. The number of H-pyrrole nitrogens is 1. The van der Waals surface area contributed by atoms with Crippen molar-refractivity contribution >= 4 is 61.1 Å². The molecule has 368 valence electrons. The smallest absolute Gasteiger partial charge is 0.298 e. The topological polar surface area (TPSA) is 218 Å². The van der Waals surface area contributed by atoms with Gasteiger partial charge in [0.05, 0.1) is 0 Å². The van der Waals surface area contributed by atoms with Crippen LogP contribution >= 0.6 is 10.7 Å². The molecule has 2 aliphatic heterocycles. The Morgan fingerprint density at radius 2 is 1.30 bits per heavy atom. The van der Waals surface area contributed by atoms with Gasteiger partial charge in [-0.25, -0.2) is 31.3 Å². The molecule has 0 amide bonds. The highest BCUT2D eigenvalue weighted by Crippen LogP contribution is 2.41. The van der Waals surface area contributed by atoms with Crippen LogP contribution in [0.15, 0.2) is 22.4 Å². The summed E-state index contributed by atoms with van der Waals surface area (Å²) in [5, 5.41) is 17.1. The van der Waals surface area contributed by atoms with Gasteiger partial charge in [-0.05, 0) is 180 Å². The molecule has 2 saturated heterocycles. The number of benzene rings is 2. The molecule has 6 aliphatic rings. The molecule has 67 heavy (non-hydrogen) atoms. The van der Waals surface area contributed by atoms with E-state index in [-0.39, 0.29) is 17.9 Å². The molecule has 0 unspecified atom stereocenters. The van der Waals surface area contributed by atoms with Crippen molar-refractivity contribution in [2.24, 2.45) is 5.73 Å². The first-order valence-electron chi connectivity index (χ1n) is 24.3.